The third kappa shape index (κ3) is 5.68. The average molecular weight is 400 g/mol. The Balaban J connectivity index is 3.03. The zero-order valence-corrected chi connectivity index (χ0v) is 16.8. The van der Waals surface area contributed by atoms with E-state index in [2.05, 4.69) is 32.0 Å². The molecule has 1 aromatic heterocycles. The van der Waals surface area contributed by atoms with Crippen molar-refractivity contribution in [2.45, 2.75) is 72.6 Å². The summed E-state index contributed by atoms with van der Waals surface area (Å²) in [6.45, 7) is 6.84. The number of nitrogens with zero attached hydrogens (tertiary/aromatic N) is 1. The standard InChI is InChI=1S/C5H4NO2.3C4H9.Sn/c7-6-4-5-2-1-3-8-5;3*1-3-4-2;/h1-2,4,7H;3*1,3-4H2,2H3;. The van der Waals surface area contributed by atoms with E-state index in [9.17, 15) is 0 Å². The Morgan fingerprint density at radius 3 is 1.95 bits per heavy atom. The summed E-state index contributed by atoms with van der Waals surface area (Å²) in [4.78, 5) is 0. The van der Waals surface area contributed by atoms with E-state index < -0.39 is 18.4 Å². The number of hydrogen-bond acceptors (Lipinski definition) is 3. The van der Waals surface area contributed by atoms with E-state index in [1.54, 1.807) is 0 Å². The molecule has 0 aliphatic rings. The summed E-state index contributed by atoms with van der Waals surface area (Å²) >= 11 is -2.43. The summed E-state index contributed by atoms with van der Waals surface area (Å²) in [5, 5.41) is 11.8. The van der Waals surface area contributed by atoms with Gasteiger partial charge in [-0.1, -0.05) is 0 Å². The fraction of sp³-hybridized carbons (Fsp3) is 0.706. The molecule has 0 unspecified atom stereocenters. The van der Waals surface area contributed by atoms with Gasteiger partial charge in [-0.25, -0.2) is 0 Å². The molecule has 21 heavy (non-hydrogen) atoms. The maximum absolute atomic E-state index is 8.68. The third-order valence-electron chi connectivity index (χ3n) is 4.36. The van der Waals surface area contributed by atoms with Gasteiger partial charge in [0.05, 0.1) is 0 Å². The number of hydrogen-bond donors (Lipinski definition) is 1. The van der Waals surface area contributed by atoms with Gasteiger partial charge in [-0.3, -0.25) is 0 Å². The zero-order chi connectivity index (χ0) is 15.6. The van der Waals surface area contributed by atoms with Crippen LogP contribution in [0.4, 0.5) is 0 Å². The Morgan fingerprint density at radius 2 is 1.52 bits per heavy atom. The van der Waals surface area contributed by atoms with Gasteiger partial charge in [0.1, 0.15) is 0 Å². The van der Waals surface area contributed by atoms with Crippen molar-refractivity contribution in [1.29, 1.82) is 0 Å². The van der Waals surface area contributed by atoms with E-state index in [0.717, 1.165) is 0 Å². The van der Waals surface area contributed by atoms with Crippen LogP contribution in [0.1, 0.15) is 65.1 Å². The van der Waals surface area contributed by atoms with Gasteiger partial charge in [-0.2, -0.15) is 0 Å². The zero-order valence-electron chi connectivity index (χ0n) is 13.9. The molecule has 0 saturated carbocycles. The van der Waals surface area contributed by atoms with Crippen LogP contribution in [0.25, 0.3) is 0 Å². The van der Waals surface area contributed by atoms with Crippen molar-refractivity contribution in [1.82, 2.24) is 0 Å². The second-order valence-electron chi connectivity index (χ2n) is 6.04. The first kappa shape index (κ1) is 18.6. The van der Waals surface area contributed by atoms with Crippen molar-refractivity contribution in [2.24, 2.45) is 5.16 Å². The SMILES string of the molecule is CCC[CH2][Sn]([CH2]CCC)([CH2]CCC)[c]1ccc(C=NO)o1. The van der Waals surface area contributed by atoms with Crippen LogP contribution in [0.3, 0.4) is 0 Å². The summed E-state index contributed by atoms with van der Waals surface area (Å²) in [6, 6.07) is 4.14. The van der Waals surface area contributed by atoms with Gasteiger partial charge in [0.2, 0.25) is 0 Å². The number of unbranched alkanes of at least 4 members (excludes halogenated alkanes) is 3. The number of oxime groups is 1. The average Bonchev–Trinajstić information content (AvgIpc) is 2.96. The Kier molecular flexibility index (Phi) is 9.13. The van der Waals surface area contributed by atoms with E-state index in [1.165, 1.54) is 61.8 Å². The van der Waals surface area contributed by atoms with Gasteiger partial charge in [0.15, 0.2) is 0 Å². The first-order valence-electron chi connectivity index (χ1n) is 8.50. The Bertz CT molecular complexity index is 393. The molecule has 1 heterocycles. The van der Waals surface area contributed by atoms with Crippen molar-refractivity contribution in [3.63, 3.8) is 0 Å². The van der Waals surface area contributed by atoms with Crippen molar-refractivity contribution in [3.05, 3.63) is 17.9 Å². The monoisotopic (exact) mass is 401 g/mol. The summed E-state index contributed by atoms with van der Waals surface area (Å²) in [5.74, 6) is 0.693. The van der Waals surface area contributed by atoms with Crippen molar-refractivity contribution in [2.75, 3.05) is 0 Å². The van der Waals surface area contributed by atoms with Crippen LogP contribution < -0.4 is 3.78 Å². The van der Waals surface area contributed by atoms with Crippen LogP contribution in [0, 0.1) is 0 Å². The van der Waals surface area contributed by atoms with E-state index in [4.69, 9.17) is 9.62 Å². The number of rotatable bonds is 11. The molecule has 0 saturated heterocycles. The minimum atomic E-state index is -2.43. The number of furan rings is 1. The molecule has 0 amide bonds. The molecule has 0 bridgehead atoms. The predicted octanol–water partition coefficient (Wildman–Crippen LogP) is 5.14. The topological polar surface area (TPSA) is 45.7 Å². The van der Waals surface area contributed by atoms with Gasteiger partial charge in [-0.05, 0) is 0 Å². The Labute approximate surface area is 133 Å². The van der Waals surface area contributed by atoms with Crippen molar-refractivity contribution < 1.29 is 9.62 Å². The fourth-order valence-electron chi connectivity index (χ4n) is 3.05. The molecular weight excluding hydrogens is 369 g/mol. The van der Waals surface area contributed by atoms with E-state index in [0.29, 0.717) is 5.76 Å². The molecule has 0 radical (unpaired) electrons. The Morgan fingerprint density at radius 1 is 1.00 bits per heavy atom. The summed E-state index contributed by atoms with van der Waals surface area (Å²) in [6.07, 6.45) is 9.18. The van der Waals surface area contributed by atoms with E-state index >= 15 is 0 Å². The first-order chi connectivity index (χ1) is 10.2. The summed E-state index contributed by atoms with van der Waals surface area (Å²) < 4.78 is 11.5. The first-order valence-corrected chi connectivity index (χ1v) is 16.0. The van der Waals surface area contributed by atoms with Crippen LogP contribution >= 0.6 is 0 Å². The summed E-state index contributed by atoms with van der Waals surface area (Å²) in [5.41, 5.74) is 0. The molecule has 0 fully saturated rings. The molecule has 0 aliphatic heterocycles. The third-order valence-corrected chi connectivity index (χ3v) is 19.3. The minimum absolute atomic E-state index is 0.693. The molecule has 120 valence electrons. The molecule has 1 aromatic rings. The fourth-order valence-corrected chi connectivity index (χ4v) is 18.3. The van der Waals surface area contributed by atoms with Crippen LogP contribution in [-0.2, 0) is 0 Å². The molecule has 3 nitrogen and oxygen atoms in total. The van der Waals surface area contributed by atoms with Crippen LogP contribution in [0.5, 0.6) is 0 Å². The molecule has 0 aliphatic carbocycles. The van der Waals surface area contributed by atoms with Gasteiger partial charge in [0.25, 0.3) is 0 Å². The van der Waals surface area contributed by atoms with Gasteiger partial charge in [0, 0.05) is 0 Å². The molecule has 1 rings (SSSR count). The van der Waals surface area contributed by atoms with Gasteiger partial charge in [-0.15, -0.1) is 0 Å². The molecule has 1 N–H and O–H groups in total. The van der Waals surface area contributed by atoms with E-state index in [-0.39, 0.29) is 0 Å². The quantitative estimate of drug-likeness (QED) is 0.242. The molecule has 0 aromatic carbocycles. The van der Waals surface area contributed by atoms with Gasteiger partial charge >= 0.3 is 134 Å². The van der Waals surface area contributed by atoms with Crippen LogP contribution in [-0.4, -0.2) is 29.8 Å². The maximum atomic E-state index is 8.68. The second-order valence-corrected chi connectivity index (χ2v) is 19.0. The molecule has 0 spiro atoms. The Hall–Kier alpha value is -0.451. The van der Waals surface area contributed by atoms with Crippen molar-refractivity contribution >= 4 is 28.4 Å². The normalized spacial score (nSPS) is 12.3. The van der Waals surface area contributed by atoms with Gasteiger partial charge < -0.3 is 0 Å². The second kappa shape index (κ2) is 10.3. The summed E-state index contributed by atoms with van der Waals surface area (Å²) in [7, 11) is 0. The van der Waals surface area contributed by atoms with E-state index in [1.807, 2.05) is 6.07 Å². The van der Waals surface area contributed by atoms with Crippen molar-refractivity contribution in [3.8, 4) is 0 Å². The molecular formula is C17H31NO2Sn. The van der Waals surface area contributed by atoms with Crippen LogP contribution in [0.2, 0.25) is 13.3 Å². The predicted molar refractivity (Wildman–Crippen MR) is 92.6 cm³/mol. The van der Waals surface area contributed by atoms with Crippen LogP contribution in [0.15, 0.2) is 21.7 Å². The molecule has 0 atom stereocenters. The molecule has 4 heteroatoms.